The number of aryl methyl sites for hydroxylation is 1. The number of hydrogen-bond acceptors (Lipinski definition) is 4. The molecule has 0 saturated carbocycles. The summed E-state index contributed by atoms with van der Waals surface area (Å²) in [7, 11) is 1.68. The Hall–Kier alpha value is -3.00. The van der Waals surface area contributed by atoms with Gasteiger partial charge in [0.25, 0.3) is 11.7 Å². The first-order valence-electron chi connectivity index (χ1n) is 8.56. The van der Waals surface area contributed by atoms with Gasteiger partial charge in [0, 0.05) is 26.2 Å². The molecule has 1 N–H and O–H groups in total. The minimum absolute atomic E-state index is 0.0667. The third kappa shape index (κ3) is 4.22. The van der Waals surface area contributed by atoms with E-state index in [1.807, 2.05) is 0 Å². The lowest BCUT2D eigenvalue weighted by Gasteiger charge is -2.34. The predicted molar refractivity (Wildman–Crippen MR) is 95.7 cm³/mol. The molecule has 2 heterocycles. The summed E-state index contributed by atoms with van der Waals surface area (Å²) < 4.78 is 20.6. The lowest BCUT2D eigenvalue weighted by atomic mass is 10.1. The van der Waals surface area contributed by atoms with Crippen LogP contribution in [0.15, 0.2) is 42.6 Å². The second-order valence-corrected chi connectivity index (χ2v) is 6.29. The average molecular weight is 373 g/mol. The van der Waals surface area contributed by atoms with Crippen LogP contribution in [0.5, 0.6) is 0 Å². The molecular formula is C19H20FN3O4. The Balaban J connectivity index is 1.69. The number of amides is 2. The van der Waals surface area contributed by atoms with Gasteiger partial charge in [-0.3, -0.25) is 14.4 Å². The van der Waals surface area contributed by atoms with Gasteiger partial charge in [0.05, 0.1) is 30.6 Å². The zero-order chi connectivity index (χ0) is 19.4. The van der Waals surface area contributed by atoms with Gasteiger partial charge in [-0.25, -0.2) is 4.39 Å². The van der Waals surface area contributed by atoms with Crippen molar-refractivity contribution in [3.05, 3.63) is 54.1 Å². The Morgan fingerprint density at radius 2 is 2.00 bits per heavy atom. The average Bonchev–Trinajstić information content (AvgIpc) is 3.09. The van der Waals surface area contributed by atoms with Gasteiger partial charge >= 0.3 is 0 Å². The van der Waals surface area contributed by atoms with Crippen LogP contribution in [-0.2, 0) is 21.4 Å². The monoisotopic (exact) mass is 373 g/mol. The van der Waals surface area contributed by atoms with Crippen LogP contribution in [0.1, 0.15) is 16.9 Å². The standard InChI is InChI=1S/C19H20FN3O4/c1-22-8-4-7-16(22)18(25)19(26)23-9-10-27-12-13(23)11-17(24)21-15-6-3-2-5-14(15)20/h2-8,13H,9-12H2,1H3,(H,21,24)/t13-/m0/s1. The number of nitrogens with zero attached hydrogens (tertiary/aromatic N) is 2. The van der Waals surface area contributed by atoms with E-state index in [0.29, 0.717) is 0 Å². The third-order valence-corrected chi connectivity index (χ3v) is 4.43. The molecule has 142 valence electrons. The van der Waals surface area contributed by atoms with Crippen molar-refractivity contribution in [1.29, 1.82) is 0 Å². The highest BCUT2D eigenvalue weighted by molar-refractivity contribution is 6.42. The lowest BCUT2D eigenvalue weighted by molar-refractivity contribution is -0.136. The van der Waals surface area contributed by atoms with Crippen LogP contribution in [0.25, 0.3) is 0 Å². The van der Waals surface area contributed by atoms with Gasteiger partial charge in [0.1, 0.15) is 5.82 Å². The van der Waals surface area contributed by atoms with Crippen molar-refractivity contribution >= 4 is 23.3 Å². The number of carbonyl (C=O) groups is 3. The molecule has 2 aromatic rings. The molecule has 1 aliphatic heterocycles. The number of benzene rings is 1. The summed E-state index contributed by atoms with van der Waals surface area (Å²) in [5, 5.41) is 2.49. The molecule has 1 atom stereocenters. The number of ether oxygens (including phenoxy) is 1. The summed E-state index contributed by atoms with van der Waals surface area (Å²) in [6.45, 7) is 0.640. The number of carbonyl (C=O) groups excluding carboxylic acids is 3. The summed E-state index contributed by atoms with van der Waals surface area (Å²) >= 11 is 0. The molecule has 8 heteroatoms. The fraction of sp³-hybridized carbons (Fsp3) is 0.316. The Morgan fingerprint density at radius 3 is 2.70 bits per heavy atom. The van der Waals surface area contributed by atoms with Crippen LogP contribution < -0.4 is 5.32 Å². The van der Waals surface area contributed by atoms with E-state index in [4.69, 9.17) is 4.74 Å². The first-order valence-corrected chi connectivity index (χ1v) is 8.56. The molecule has 0 aliphatic carbocycles. The predicted octanol–water partition coefficient (Wildman–Crippen LogP) is 1.60. The van der Waals surface area contributed by atoms with Crippen molar-refractivity contribution in [2.45, 2.75) is 12.5 Å². The number of Topliss-reactive ketones (excluding diaryl/α,β-unsaturated/α-hetero) is 1. The number of ketones is 1. The molecule has 27 heavy (non-hydrogen) atoms. The fourth-order valence-electron chi connectivity index (χ4n) is 3.01. The van der Waals surface area contributed by atoms with Gasteiger partial charge in [0.2, 0.25) is 5.91 Å². The van der Waals surface area contributed by atoms with Gasteiger partial charge in [0.15, 0.2) is 0 Å². The van der Waals surface area contributed by atoms with Crippen LogP contribution in [0.2, 0.25) is 0 Å². The number of para-hydroxylation sites is 1. The number of hydrogen-bond donors (Lipinski definition) is 1. The normalized spacial score (nSPS) is 16.8. The van der Waals surface area contributed by atoms with Crippen molar-refractivity contribution in [3.8, 4) is 0 Å². The molecular weight excluding hydrogens is 353 g/mol. The third-order valence-electron chi connectivity index (χ3n) is 4.43. The van der Waals surface area contributed by atoms with Gasteiger partial charge in [-0.2, -0.15) is 0 Å². The molecule has 2 amide bonds. The molecule has 0 radical (unpaired) electrons. The highest BCUT2D eigenvalue weighted by Gasteiger charge is 2.33. The van der Waals surface area contributed by atoms with E-state index >= 15 is 0 Å². The number of morpholine rings is 1. The SMILES string of the molecule is Cn1cccc1C(=O)C(=O)N1CCOC[C@@H]1CC(=O)Nc1ccccc1F. The smallest absolute Gasteiger partial charge is 0.296 e. The molecule has 1 aromatic carbocycles. The van der Waals surface area contributed by atoms with E-state index in [1.54, 1.807) is 36.0 Å². The summed E-state index contributed by atoms with van der Waals surface area (Å²) in [6, 6.07) is 8.48. The Bertz CT molecular complexity index is 864. The zero-order valence-corrected chi connectivity index (χ0v) is 14.9. The van der Waals surface area contributed by atoms with Crippen LogP contribution in [0, 0.1) is 5.82 Å². The second kappa shape index (κ2) is 8.13. The Labute approximate surface area is 155 Å². The lowest BCUT2D eigenvalue weighted by Crippen LogP contribution is -2.52. The topological polar surface area (TPSA) is 80.6 Å². The number of aromatic nitrogens is 1. The molecule has 1 aliphatic rings. The molecule has 3 rings (SSSR count). The quantitative estimate of drug-likeness (QED) is 0.638. The maximum atomic E-state index is 13.7. The number of rotatable bonds is 5. The maximum Gasteiger partial charge on any atom is 0.296 e. The van der Waals surface area contributed by atoms with Crippen molar-refractivity contribution in [2.75, 3.05) is 25.1 Å². The number of nitrogens with one attached hydrogen (secondary N) is 1. The summed E-state index contributed by atoms with van der Waals surface area (Å²) in [4.78, 5) is 38.8. The molecule has 0 bridgehead atoms. The van der Waals surface area contributed by atoms with Crippen molar-refractivity contribution in [2.24, 2.45) is 7.05 Å². The van der Waals surface area contributed by atoms with E-state index in [1.165, 1.54) is 23.1 Å². The van der Waals surface area contributed by atoms with Crippen molar-refractivity contribution < 1.29 is 23.5 Å². The summed E-state index contributed by atoms with van der Waals surface area (Å²) in [6.07, 6.45) is 1.58. The van der Waals surface area contributed by atoms with Crippen LogP contribution in [0.4, 0.5) is 10.1 Å². The van der Waals surface area contributed by atoms with Crippen LogP contribution in [0.3, 0.4) is 0 Å². The minimum Gasteiger partial charge on any atom is -0.377 e. The van der Waals surface area contributed by atoms with Crippen molar-refractivity contribution in [1.82, 2.24) is 9.47 Å². The highest BCUT2D eigenvalue weighted by atomic mass is 19.1. The summed E-state index contributed by atoms with van der Waals surface area (Å²) in [5.41, 5.74) is 0.345. The zero-order valence-electron chi connectivity index (χ0n) is 14.9. The molecule has 0 spiro atoms. The Kier molecular flexibility index (Phi) is 5.66. The minimum atomic E-state index is -0.677. The number of anilines is 1. The largest absolute Gasteiger partial charge is 0.377 e. The van der Waals surface area contributed by atoms with Crippen molar-refractivity contribution in [3.63, 3.8) is 0 Å². The molecule has 1 aromatic heterocycles. The van der Waals surface area contributed by atoms with E-state index in [-0.39, 0.29) is 37.6 Å². The van der Waals surface area contributed by atoms with E-state index < -0.39 is 29.5 Å². The maximum absolute atomic E-state index is 13.7. The second-order valence-electron chi connectivity index (χ2n) is 6.29. The molecule has 1 saturated heterocycles. The molecule has 1 fully saturated rings. The summed E-state index contributed by atoms with van der Waals surface area (Å²) in [5.74, 6) is -2.31. The fourth-order valence-corrected chi connectivity index (χ4v) is 3.01. The van der Waals surface area contributed by atoms with E-state index in [9.17, 15) is 18.8 Å². The first-order chi connectivity index (χ1) is 13.0. The van der Waals surface area contributed by atoms with Gasteiger partial charge in [-0.15, -0.1) is 0 Å². The van der Waals surface area contributed by atoms with Gasteiger partial charge in [-0.1, -0.05) is 12.1 Å². The van der Waals surface area contributed by atoms with Gasteiger partial charge < -0.3 is 19.5 Å². The van der Waals surface area contributed by atoms with Gasteiger partial charge in [-0.05, 0) is 24.3 Å². The van der Waals surface area contributed by atoms with E-state index in [2.05, 4.69) is 5.32 Å². The van der Waals surface area contributed by atoms with Crippen LogP contribution in [-0.4, -0.2) is 52.9 Å². The van der Waals surface area contributed by atoms with E-state index in [0.717, 1.165) is 0 Å². The number of halogens is 1. The Morgan fingerprint density at radius 1 is 1.22 bits per heavy atom. The molecule has 0 unspecified atom stereocenters. The first kappa shape index (κ1) is 18.8. The highest BCUT2D eigenvalue weighted by Crippen LogP contribution is 2.17. The molecule has 7 nitrogen and oxygen atoms in total. The van der Waals surface area contributed by atoms with Crippen LogP contribution >= 0.6 is 0 Å².